The average molecular weight is 324 g/mol. The molecule has 1 unspecified atom stereocenters. The molecule has 0 aliphatic carbocycles. The lowest BCUT2D eigenvalue weighted by Gasteiger charge is -2.16. The lowest BCUT2D eigenvalue weighted by atomic mass is 9.99. The van der Waals surface area contributed by atoms with Gasteiger partial charge in [0, 0.05) is 25.5 Å². The smallest absolute Gasteiger partial charge is 0.339 e. The molecule has 0 saturated carbocycles. The fourth-order valence-electron chi connectivity index (χ4n) is 3.38. The van der Waals surface area contributed by atoms with Crippen LogP contribution in [0.25, 0.3) is 0 Å². The van der Waals surface area contributed by atoms with E-state index in [1.165, 1.54) is 19.1 Å². The summed E-state index contributed by atoms with van der Waals surface area (Å²) in [5.41, 5.74) is 3.05. The monoisotopic (exact) mass is 324 g/mol. The number of aromatic nitrogens is 1. The Morgan fingerprint density at radius 3 is 2.88 bits per heavy atom. The number of hydrogen-bond acceptors (Lipinski definition) is 4. The maximum absolute atomic E-state index is 11.6. The van der Waals surface area contributed by atoms with Crippen molar-refractivity contribution in [1.29, 1.82) is 0 Å². The summed E-state index contributed by atoms with van der Waals surface area (Å²) in [6.45, 7) is 3.39. The highest BCUT2D eigenvalue weighted by molar-refractivity contribution is 5.89. The summed E-state index contributed by atoms with van der Waals surface area (Å²) in [5.74, 6) is 0.315. The normalized spacial score (nSPS) is 17.8. The maximum atomic E-state index is 11.6. The predicted molar refractivity (Wildman–Crippen MR) is 94.0 cm³/mol. The van der Waals surface area contributed by atoms with E-state index in [1.807, 2.05) is 12.3 Å². The minimum Gasteiger partial charge on any atom is -0.465 e. The molecule has 1 aliphatic rings. The third-order valence-corrected chi connectivity index (χ3v) is 4.67. The summed E-state index contributed by atoms with van der Waals surface area (Å²) in [4.78, 5) is 18.3. The molecule has 1 aromatic heterocycles. The van der Waals surface area contributed by atoms with Gasteiger partial charge in [0.2, 0.25) is 0 Å². The third-order valence-electron chi connectivity index (χ3n) is 4.67. The van der Waals surface area contributed by atoms with E-state index in [-0.39, 0.29) is 5.97 Å². The first-order valence-electron chi connectivity index (χ1n) is 8.53. The molecule has 1 saturated heterocycles. The summed E-state index contributed by atoms with van der Waals surface area (Å²) in [5, 5.41) is 0. The van der Waals surface area contributed by atoms with E-state index in [0.717, 1.165) is 38.0 Å². The van der Waals surface area contributed by atoms with Crippen molar-refractivity contribution in [3.8, 4) is 0 Å². The van der Waals surface area contributed by atoms with E-state index in [2.05, 4.69) is 40.2 Å². The second kappa shape index (κ2) is 8.06. The molecule has 0 N–H and O–H groups in total. The fraction of sp³-hybridized carbons (Fsp3) is 0.400. The van der Waals surface area contributed by atoms with Gasteiger partial charge in [0.1, 0.15) is 0 Å². The Labute approximate surface area is 143 Å². The zero-order valence-corrected chi connectivity index (χ0v) is 14.1. The number of methoxy groups -OCH3 is 1. The number of hydrogen-bond donors (Lipinski definition) is 0. The van der Waals surface area contributed by atoms with Crippen LogP contribution < -0.4 is 0 Å². The number of carbonyl (C=O) groups is 1. The molecule has 1 aromatic carbocycles. The Hall–Kier alpha value is -2.20. The Morgan fingerprint density at radius 1 is 1.25 bits per heavy atom. The Morgan fingerprint density at radius 2 is 2.08 bits per heavy atom. The zero-order chi connectivity index (χ0) is 16.8. The van der Waals surface area contributed by atoms with Crippen LogP contribution in [0.2, 0.25) is 0 Å². The van der Waals surface area contributed by atoms with Crippen LogP contribution in [0.4, 0.5) is 0 Å². The van der Waals surface area contributed by atoms with Crippen molar-refractivity contribution in [3.63, 3.8) is 0 Å². The first-order chi connectivity index (χ1) is 11.7. The quantitative estimate of drug-likeness (QED) is 0.766. The minimum absolute atomic E-state index is 0.319. The summed E-state index contributed by atoms with van der Waals surface area (Å²) < 4.78 is 4.77. The van der Waals surface area contributed by atoms with Crippen LogP contribution in [-0.4, -0.2) is 42.6 Å². The Kier molecular flexibility index (Phi) is 5.59. The van der Waals surface area contributed by atoms with E-state index in [0.29, 0.717) is 11.5 Å². The highest BCUT2D eigenvalue weighted by Crippen LogP contribution is 2.21. The van der Waals surface area contributed by atoms with Crippen LogP contribution in [0.3, 0.4) is 0 Å². The van der Waals surface area contributed by atoms with Gasteiger partial charge in [-0.2, -0.15) is 0 Å². The SMILES string of the molecule is COC(=O)c1cncc(CC2CCN(CCc3ccccc3)C2)c1. The van der Waals surface area contributed by atoms with Crippen LogP contribution in [0.15, 0.2) is 48.8 Å². The van der Waals surface area contributed by atoms with Gasteiger partial charge in [-0.3, -0.25) is 4.98 Å². The van der Waals surface area contributed by atoms with Crippen LogP contribution in [0, 0.1) is 5.92 Å². The van der Waals surface area contributed by atoms with Crippen molar-refractivity contribution in [2.75, 3.05) is 26.7 Å². The molecule has 3 rings (SSSR count). The Bertz CT molecular complexity index is 672. The molecule has 1 atom stereocenters. The zero-order valence-electron chi connectivity index (χ0n) is 14.1. The van der Waals surface area contributed by atoms with Gasteiger partial charge in [0.25, 0.3) is 0 Å². The van der Waals surface area contributed by atoms with Gasteiger partial charge >= 0.3 is 5.97 Å². The largest absolute Gasteiger partial charge is 0.465 e. The first-order valence-corrected chi connectivity index (χ1v) is 8.53. The first kappa shape index (κ1) is 16.7. The molecule has 2 heterocycles. The number of pyridine rings is 1. The lowest BCUT2D eigenvalue weighted by Crippen LogP contribution is -2.23. The number of likely N-dealkylation sites (tertiary alicyclic amines) is 1. The van der Waals surface area contributed by atoms with Crippen LogP contribution in [-0.2, 0) is 17.6 Å². The maximum Gasteiger partial charge on any atom is 0.339 e. The van der Waals surface area contributed by atoms with Crippen molar-refractivity contribution >= 4 is 5.97 Å². The summed E-state index contributed by atoms with van der Waals surface area (Å²) in [6.07, 6.45) is 6.71. The van der Waals surface area contributed by atoms with E-state index in [1.54, 1.807) is 6.20 Å². The number of nitrogens with zero attached hydrogens (tertiary/aromatic N) is 2. The fourth-order valence-corrected chi connectivity index (χ4v) is 3.38. The average Bonchev–Trinajstić information content (AvgIpc) is 3.08. The summed E-state index contributed by atoms with van der Waals surface area (Å²) in [7, 11) is 1.40. The predicted octanol–water partition coefficient (Wildman–Crippen LogP) is 2.98. The van der Waals surface area contributed by atoms with Gasteiger partial charge in [-0.05, 0) is 48.9 Å². The summed E-state index contributed by atoms with van der Waals surface area (Å²) >= 11 is 0. The van der Waals surface area contributed by atoms with E-state index < -0.39 is 0 Å². The molecular formula is C20H24N2O2. The van der Waals surface area contributed by atoms with Gasteiger partial charge in [-0.25, -0.2) is 4.79 Å². The standard InChI is InChI=1S/C20H24N2O2/c1-24-20(23)19-12-18(13-21-14-19)11-17-8-10-22(15-17)9-7-16-5-3-2-4-6-16/h2-6,12-14,17H,7-11,15H2,1H3. The molecule has 0 spiro atoms. The molecule has 24 heavy (non-hydrogen) atoms. The molecule has 4 nitrogen and oxygen atoms in total. The summed E-state index contributed by atoms with van der Waals surface area (Å²) in [6, 6.07) is 12.6. The van der Waals surface area contributed by atoms with Gasteiger partial charge < -0.3 is 9.64 Å². The molecule has 2 aromatic rings. The van der Waals surface area contributed by atoms with E-state index in [4.69, 9.17) is 4.74 Å². The Balaban J connectivity index is 1.50. The van der Waals surface area contributed by atoms with Crippen molar-refractivity contribution in [3.05, 3.63) is 65.5 Å². The van der Waals surface area contributed by atoms with Crippen molar-refractivity contribution in [1.82, 2.24) is 9.88 Å². The highest BCUT2D eigenvalue weighted by Gasteiger charge is 2.22. The number of benzene rings is 1. The van der Waals surface area contributed by atoms with Crippen LogP contribution >= 0.6 is 0 Å². The molecule has 0 bridgehead atoms. The second-order valence-corrected chi connectivity index (χ2v) is 6.47. The number of ether oxygens (including phenoxy) is 1. The van der Waals surface area contributed by atoms with Crippen LogP contribution in [0.1, 0.15) is 27.9 Å². The molecule has 1 aliphatic heterocycles. The van der Waals surface area contributed by atoms with Crippen molar-refractivity contribution in [2.45, 2.75) is 19.3 Å². The van der Waals surface area contributed by atoms with Gasteiger partial charge in [-0.15, -0.1) is 0 Å². The molecule has 126 valence electrons. The van der Waals surface area contributed by atoms with E-state index >= 15 is 0 Å². The van der Waals surface area contributed by atoms with Crippen LogP contribution in [0.5, 0.6) is 0 Å². The highest BCUT2D eigenvalue weighted by atomic mass is 16.5. The molecule has 1 fully saturated rings. The van der Waals surface area contributed by atoms with Gasteiger partial charge in [-0.1, -0.05) is 30.3 Å². The van der Waals surface area contributed by atoms with Crippen molar-refractivity contribution < 1.29 is 9.53 Å². The molecular weight excluding hydrogens is 300 g/mol. The minimum atomic E-state index is -0.319. The number of esters is 1. The number of rotatable bonds is 6. The molecule has 0 amide bonds. The molecule has 0 radical (unpaired) electrons. The van der Waals surface area contributed by atoms with Crippen molar-refractivity contribution in [2.24, 2.45) is 5.92 Å². The van der Waals surface area contributed by atoms with Gasteiger partial charge in [0.05, 0.1) is 12.7 Å². The second-order valence-electron chi connectivity index (χ2n) is 6.47. The molecule has 4 heteroatoms. The van der Waals surface area contributed by atoms with E-state index in [9.17, 15) is 4.79 Å². The lowest BCUT2D eigenvalue weighted by molar-refractivity contribution is 0.0600. The van der Waals surface area contributed by atoms with Gasteiger partial charge in [0.15, 0.2) is 0 Å². The number of carbonyl (C=O) groups excluding carboxylic acids is 1. The third kappa shape index (κ3) is 4.42. The topological polar surface area (TPSA) is 42.4 Å².